The van der Waals surface area contributed by atoms with Crippen LogP contribution in [0.15, 0.2) is 73.1 Å². The van der Waals surface area contributed by atoms with Gasteiger partial charge in [-0.05, 0) is 42.0 Å². The molecule has 1 amide bonds. The predicted octanol–water partition coefficient (Wildman–Crippen LogP) is 4.11. The highest BCUT2D eigenvalue weighted by atomic mass is 16.3. The van der Waals surface area contributed by atoms with Crippen molar-refractivity contribution in [1.82, 2.24) is 9.97 Å². The summed E-state index contributed by atoms with van der Waals surface area (Å²) >= 11 is 0. The van der Waals surface area contributed by atoms with Gasteiger partial charge in [-0.3, -0.25) is 9.78 Å². The van der Waals surface area contributed by atoms with Gasteiger partial charge in [0.15, 0.2) is 0 Å². The van der Waals surface area contributed by atoms with Crippen molar-refractivity contribution < 1.29 is 9.90 Å². The van der Waals surface area contributed by atoms with E-state index in [1.165, 1.54) is 0 Å². The van der Waals surface area contributed by atoms with Crippen molar-refractivity contribution in [2.75, 3.05) is 4.90 Å². The van der Waals surface area contributed by atoms with E-state index in [0.29, 0.717) is 25.1 Å². The Balaban J connectivity index is 1.49. The van der Waals surface area contributed by atoms with Gasteiger partial charge in [-0.2, -0.15) is 5.26 Å². The van der Waals surface area contributed by atoms with Gasteiger partial charge in [0.2, 0.25) is 5.91 Å². The number of hydrogen-bond donors (Lipinski definition) is 1. The van der Waals surface area contributed by atoms with Gasteiger partial charge < -0.3 is 10.0 Å². The largest absolute Gasteiger partial charge is 0.393 e. The number of nitriles is 1. The van der Waals surface area contributed by atoms with Crippen LogP contribution >= 0.6 is 0 Å². The molecule has 4 aromatic rings. The summed E-state index contributed by atoms with van der Waals surface area (Å²) in [6.07, 6.45) is 3.99. The maximum atomic E-state index is 13.6. The smallest absolute Gasteiger partial charge is 0.238 e. The van der Waals surface area contributed by atoms with Crippen molar-refractivity contribution in [3.8, 4) is 17.2 Å². The molecule has 2 aliphatic rings. The summed E-state index contributed by atoms with van der Waals surface area (Å²) in [4.78, 5) is 24.5. The van der Waals surface area contributed by atoms with Gasteiger partial charge in [-0.25, -0.2) is 4.98 Å². The normalized spacial score (nSPS) is 21.2. The van der Waals surface area contributed by atoms with Crippen molar-refractivity contribution >= 4 is 22.4 Å². The van der Waals surface area contributed by atoms with Crippen LogP contribution in [0.25, 0.3) is 21.9 Å². The molecule has 3 heterocycles. The first-order valence-corrected chi connectivity index (χ1v) is 10.9. The van der Waals surface area contributed by atoms with E-state index in [9.17, 15) is 9.90 Å². The zero-order chi connectivity index (χ0) is 22.6. The molecule has 1 spiro atoms. The Bertz CT molecular complexity index is 1450. The summed E-state index contributed by atoms with van der Waals surface area (Å²) in [5, 5.41) is 21.2. The van der Waals surface area contributed by atoms with E-state index >= 15 is 0 Å². The number of aliphatic hydroxyl groups is 1. The fourth-order valence-corrected chi connectivity index (χ4v) is 5.30. The van der Waals surface area contributed by atoms with Crippen LogP contribution in [0.4, 0.5) is 5.69 Å². The Morgan fingerprint density at radius 1 is 1.03 bits per heavy atom. The monoisotopic (exact) mass is 432 g/mol. The highest BCUT2D eigenvalue weighted by molar-refractivity contribution is 6.09. The van der Waals surface area contributed by atoms with Crippen molar-refractivity contribution in [3.63, 3.8) is 0 Å². The van der Waals surface area contributed by atoms with Gasteiger partial charge in [-0.1, -0.05) is 42.5 Å². The summed E-state index contributed by atoms with van der Waals surface area (Å²) < 4.78 is 0. The first-order chi connectivity index (χ1) is 16.1. The SMILES string of the molecule is N#Cc1ccc(-c2c(CN3c4ccccc4[C@]4(C[C@H](O)C4)C3=O)ncc3ccccc23)cn1. The van der Waals surface area contributed by atoms with E-state index in [1.807, 2.05) is 60.8 Å². The average molecular weight is 432 g/mol. The minimum atomic E-state index is -0.636. The number of benzene rings is 2. The van der Waals surface area contributed by atoms with E-state index in [0.717, 1.165) is 38.8 Å². The number of carbonyl (C=O) groups excluding carboxylic acids is 1. The maximum absolute atomic E-state index is 13.6. The van der Waals surface area contributed by atoms with E-state index < -0.39 is 11.5 Å². The second-order valence-corrected chi connectivity index (χ2v) is 8.76. The Kier molecular flexibility index (Phi) is 4.29. The molecule has 1 aliphatic heterocycles. The lowest BCUT2D eigenvalue weighted by Gasteiger charge is -2.41. The number of aliphatic hydroxyl groups excluding tert-OH is 1. The van der Waals surface area contributed by atoms with Crippen molar-refractivity contribution in [2.45, 2.75) is 30.9 Å². The lowest BCUT2D eigenvalue weighted by Crippen LogP contribution is -2.51. The summed E-state index contributed by atoms with van der Waals surface area (Å²) in [6, 6.07) is 21.5. The van der Waals surface area contributed by atoms with E-state index in [-0.39, 0.29) is 5.91 Å². The highest BCUT2D eigenvalue weighted by Crippen LogP contribution is 2.53. The van der Waals surface area contributed by atoms with Gasteiger partial charge in [0.25, 0.3) is 0 Å². The maximum Gasteiger partial charge on any atom is 0.238 e. The second kappa shape index (κ2) is 7.22. The molecule has 6 heteroatoms. The van der Waals surface area contributed by atoms with Crippen LogP contribution in [0.3, 0.4) is 0 Å². The summed E-state index contributed by atoms with van der Waals surface area (Å²) in [7, 11) is 0. The molecular weight excluding hydrogens is 412 g/mol. The molecule has 2 aromatic heterocycles. The first kappa shape index (κ1) is 19.6. The molecule has 0 radical (unpaired) electrons. The van der Waals surface area contributed by atoms with E-state index in [4.69, 9.17) is 10.2 Å². The number of nitrogens with zero attached hydrogens (tertiary/aromatic N) is 4. The summed E-state index contributed by atoms with van der Waals surface area (Å²) in [5.74, 6) is 0.0212. The number of carbonyl (C=O) groups is 1. The molecule has 1 saturated carbocycles. The molecular formula is C27H20N4O2. The summed E-state index contributed by atoms with van der Waals surface area (Å²) in [6.45, 7) is 0.313. The Labute approximate surface area is 190 Å². The average Bonchev–Trinajstić information content (AvgIpc) is 3.07. The molecule has 33 heavy (non-hydrogen) atoms. The number of amides is 1. The Morgan fingerprint density at radius 3 is 2.58 bits per heavy atom. The lowest BCUT2D eigenvalue weighted by atomic mass is 9.63. The molecule has 6 rings (SSSR count). The lowest BCUT2D eigenvalue weighted by molar-refractivity contribution is -0.131. The van der Waals surface area contributed by atoms with Gasteiger partial charge in [0.05, 0.1) is 23.8 Å². The van der Waals surface area contributed by atoms with Crippen molar-refractivity contribution in [3.05, 3.63) is 90.0 Å². The zero-order valence-corrected chi connectivity index (χ0v) is 17.8. The Hall–Kier alpha value is -4.08. The zero-order valence-electron chi connectivity index (χ0n) is 17.8. The Morgan fingerprint density at radius 2 is 1.82 bits per heavy atom. The predicted molar refractivity (Wildman–Crippen MR) is 124 cm³/mol. The molecule has 0 bridgehead atoms. The molecule has 0 unspecified atom stereocenters. The van der Waals surface area contributed by atoms with Gasteiger partial charge in [0, 0.05) is 34.6 Å². The van der Waals surface area contributed by atoms with Crippen molar-refractivity contribution in [1.29, 1.82) is 5.26 Å². The molecule has 1 aliphatic carbocycles. The number of aromatic nitrogens is 2. The molecule has 160 valence electrons. The molecule has 0 saturated heterocycles. The molecule has 6 nitrogen and oxygen atoms in total. The molecule has 1 N–H and O–H groups in total. The van der Waals surface area contributed by atoms with Gasteiger partial charge in [-0.15, -0.1) is 0 Å². The highest BCUT2D eigenvalue weighted by Gasteiger charge is 2.58. The van der Waals surface area contributed by atoms with E-state index in [1.54, 1.807) is 17.2 Å². The molecule has 2 aromatic carbocycles. The van der Waals surface area contributed by atoms with Crippen LogP contribution in [0.5, 0.6) is 0 Å². The second-order valence-electron chi connectivity index (χ2n) is 8.76. The van der Waals surface area contributed by atoms with E-state index in [2.05, 4.69) is 11.1 Å². The first-order valence-electron chi connectivity index (χ1n) is 10.9. The van der Waals surface area contributed by atoms with Crippen LogP contribution in [0.2, 0.25) is 0 Å². The minimum Gasteiger partial charge on any atom is -0.393 e. The molecule has 1 fully saturated rings. The third kappa shape index (κ3) is 2.86. The minimum absolute atomic E-state index is 0.0212. The number of anilines is 1. The van der Waals surface area contributed by atoms with Crippen LogP contribution in [0.1, 0.15) is 29.8 Å². The number of fused-ring (bicyclic) bond motifs is 3. The van der Waals surface area contributed by atoms with Gasteiger partial charge in [0.1, 0.15) is 11.8 Å². The summed E-state index contributed by atoms with van der Waals surface area (Å²) in [5.41, 5.74) is 4.11. The third-order valence-corrected chi connectivity index (χ3v) is 6.89. The van der Waals surface area contributed by atoms with Crippen LogP contribution < -0.4 is 4.90 Å². The number of pyridine rings is 2. The quantitative estimate of drug-likeness (QED) is 0.526. The fraction of sp³-hybridized carbons (Fsp3) is 0.185. The van der Waals surface area contributed by atoms with Crippen LogP contribution in [-0.4, -0.2) is 27.1 Å². The van der Waals surface area contributed by atoms with Crippen LogP contribution in [-0.2, 0) is 16.8 Å². The van der Waals surface area contributed by atoms with Gasteiger partial charge >= 0.3 is 0 Å². The van der Waals surface area contributed by atoms with Crippen LogP contribution in [0, 0.1) is 11.3 Å². The topological polar surface area (TPSA) is 90.1 Å². The number of rotatable bonds is 3. The van der Waals surface area contributed by atoms with Crippen molar-refractivity contribution in [2.24, 2.45) is 0 Å². The standard InChI is InChI=1S/C27H20N4O2/c28-13-19-10-9-18(15-29-19)25-21-6-2-1-5-17(21)14-30-23(25)16-31-24-8-4-3-7-22(24)27(26(31)33)11-20(32)12-27/h1-10,14-15,20,32H,11-12,16H2/t20-,27+. The third-order valence-electron chi connectivity index (χ3n) is 6.89. The fourth-order valence-electron chi connectivity index (χ4n) is 5.30. The molecule has 0 atom stereocenters. The number of para-hydroxylation sites is 1. The number of hydrogen-bond acceptors (Lipinski definition) is 5.